The van der Waals surface area contributed by atoms with E-state index < -0.39 is 22.2 Å². The molecule has 9 nitrogen and oxygen atoms in total. The minimum Gasteiger partial charge on any atom is -0.475 e. The zero-order chi connectivity index (χ0) is 24.5. The van der Waals surface area contributed by atoms with Crippen LogP contribution >= 0.6 is 0 Å². The van der Waals surface area contributed by atoms with Gasteiger partial charge >= 0.3 is 12.1 Å². The average Bonchev–Trinajstić information content (AvgIpc) is 3.07. The molecule has 176 valence electrons. The van der Waals surface area contributed by atoms with E-state index in [0.29, 0.717) is 11.4 Å². The Bertz CT molecular complexity index is 1130. The number of alkyl halides is 3. The molecule has 1 aliphatic rings. The smallest absolute Gasteiger partial charge is 0.475 e. The molecule has 0 aliphatic carbocycles. The fourth-order valence-electron chi connectivity index (χ4n) is 2.72. The van der Waals surface area contributed by atoms with E-state index in [4.69, 9.17) is 9.90 Å². The first-order chi connectivity index (χ1) is 14.6. The van der Waals surface area contributed by atoms with Gasteiger partial charge in [0.1, 0.15) is 11.2 Å². The summed E-state index contributed by atoms with van der Waals surface area (Å²) in [5.41, 5.74) is 0.942. The van der Waals surface area contributed by atoms with Crippen molar-refractivity contribution in [1.29, 1.82) is 0 Å². The molecule has 1 aromatic carbocycles. The summed E-state index contributed by atoms with van der Waals surface area (Å²) < 4.78 is 60.1. The van der Waals surface area contributed by atoms with E-state index in [1.165, 1.54) is 17.7 Å². The fraction of sp³-hybridized carbons (Fsp3) is 0.421. The summed E-state index contributed by atoms with van der Waals surface area (Å²) in [6.45, 7) is 5.94. The van der Waals surface area contributed by atoms with Crippen molar-refractivity contribution in [1.82, 2.24) is 19.2 Å². The van der Waals surface area contributed by atoms with E-state index in [9.17, 15) is 26.4 Å². The van der Waals surface area contributed by atoms with Crippen molar-refractivity contribution in [3.05, 3.63) is 42.0 Å². The number of sulfonamides is 1. The van der Waals surface area contributed by atoms with E-state index in [-0.39, 0.29) is 28.6 Å². The van der Waals surface area contributed by atoms with E-state index in [1.54, 1.807) is 28.8 Å². The Morgan fingerprint density at radius 1 is 1.22 bits per heavy atom. The number of aromatic nitrogens is 2. The number of imidazole rings is 1. The second-order valence-corrected chi connectivity index (χ2v) is 9.65. The molecule has 0 spiro atoms. The maximum absolute atomic E-state index is 12.7. The summed E-state index contributed by atoms with van der Waals surface area (Å²) in [6, 6.07) is 6.73. The number of halogens is 3. The summed E-state index contributed by atoms with van der Waals surface area (Å²) >= 11 is 0. The number of benzene rings is 1. The third-order valence-corrected chi connectivity index (χ3v) is 6.70. The molecular weight excluding hydrogens is 453 g/mol. The van der Waals surface area contributed by atoms with E-state index in [0.717, 1.165) is 6.42 Å². The number of hydrogen-bond donors (Lipinski definition) is 2. The Morgan fingerprint density at radius 3 is 2.31 bits per heavy atom. The molecule has 2 aromatic rings. The Morgan fingerprint density at radius 2 is 1.78 bits per heavy atom. The number of carboxylic acids is 1. The normalized spacial score (nSPS) is 15.5. The number of hydrogen-bond acceptors (Lipinski definition) is 5. The second-order valence-electron chi connectivity index (χ2n) is 7.63. The maximum atomic E-state index is 12.7. The Labute approximate surface area is 182 Å². The van der Waals surface area contributed by atoms with Gasteiger partial charge < -0.3 is 10.4 Å². The molecule has 1 aliphatic heterocycles. The number of nitrogens with zero attached hydrogens (tertiary/aromatic N) is 3. The maximum Gasteiger partial charge on any atom is 0.490 e. The van der Waals surface area contributed by atoms with Crippen LogP contribution in [-0.4, -0.2) is 58.0 Å². The number of nitrogens with one attached hydrogen (secondary N) is 1. The molecule has 0 atom stereocenters. The van der Waals surface area contributed by atoms with Gasteiger partial charge in [-0.3, -0.25) is 9.36 Å². The number of carboxylic acid groups (broad SMARTS) is 1. The molecule has 3 rings (SSSR count). The van der Waals surface area contributed by atoms with Crippen LogP contribution in [0.15, 0.2) is 35.5 Å². The van der Waals surface area contributed by atoms with Gasteiger partial charge in [-0.15, -0.1) is 0 Å². The first kappa shape index (κ1) is 25.3. The first-order valence-corrected chi connectivity index (χ1v) is 10.8. The summed E-state index contributed by atoms with van der Waals surface area (Å²) in [5, 5.41) is 10.1. The highest BCUT2D eigenvalue weighted by Gasteiger charge is 2.38. The van der Waals surface area contributed by atoms with Crippen molar-refractivity contribution >= 4 is 21.9 Å². The average molecular weight is 476 g/mol. The highest BCUT2D eigenvalue weighted by atomic mass is 32.2. The molecule has 0 saturated heterocycles. The highest BCUT2D eigenvalue weighted by molar-refractivity contribution is 7.89. The van der Waals surface area contributed by atoms with Gasteiger partial charge in [-0.05, 0) is 32.4 Å². The van der Waals surface area contributed by atoms with Crippen LogP contribution in [0.3, 0.4) is 0 Å². The summed E-state index contributed by atoms with van der Waals surface area (Å²) in [6.07, 6.45) is -2.80. The predicted molar refractivity (Wildman–Crippen MR) is 108 cm³/mol. The summed E-state index contributed by atoms with van der Waals surface area (Å²) in [5.74, 6) is -3.06. The van der Waals surface area contributed by atoms with Crippen LogP contribution in [0.1, 0.15) is 43.4 Å². The van der Waals surface area contributed by atoms with Crippen LogP contribution in [0.5, 0.6) is 0 Å². The largest absolute Gasteiger partial charge is 0.490 e. The quantitative estimate of drug-likeness (QED) is 0.702. The van der Waals surface area contributed by atoms with Crippen molar-refractivity contribution in [2.45, 2.75) is 50.3 Å². The zero-order valence-electron chi connectivity index (χ0n) is 17.8. The van der Waals surface area contributed by atoms with Gasteiger partial charge in [-0.2, -0.15) is 17.5 Å². The summed E-state index contributed by atoms with van der Waals surface area (Å²) in [4.78, 5) is 26.1. The fourth-order valence-corrected chi connectivity index (χ4v) is 4.02. The number of amides is 1. The molecule has 0 bridgehead atoms. The van der Waals surface area contributed by atoms with Gasteiger partial charge in [-0.25, -0.2) is 18.2 Å². The number of carbonyl (C=O) groups is 2. The molecule has 1 amide bonds. The Balaban J connectivity index is 0.000000451. The van der Waals surface area contributed by atoms with Crippen LogP contribution in [0.25, 0.3) is 5.69 Å². The molecule has 0 saturated carbocycles. The van der Waals surface area contributed by atoms with Crippen molar-refractivity contribution in [3.8, 4) is 5.69 Å². The van der Waals surface area contributed by atoms with E-state index in [2.05, 4.69) is 10.3 Å². The number of fused-ring (bicyclic) bond motifs is 3. The molecule has 13 heteroatoms. The zero-order valence-corrected chi connectivity index (χ0v) is 18.6. The molecule has 0 unspecified atom stereocenters. The van der Waals surface area contributed by atoms with Crippen molar-refractivity contribution in [2.24, 2.45) is 0 Å². The lowest BCUT2D eigenvalue weighted by Gasteiger charge is -2.24. The second kappa shape index (κ2) is 8.90. The lowest BCUT2D eigenvalue weighted by atomic mass is 10.0. The molecule has 1 aromatic heterocycles. The molecule has 2 heterocycles. The molecule has 0 fully saturated rings. The van der Waals surface area contributed by atoms with Gasteiger partial charge in [0.25, 0.3) is 5.91 Å². The minimum atomic E-state index is -5.08. The highest BCUT2D eigenvalue weighted by Crippen LogP contribution is 2.30. The van der Waals surface area contributed by atoms with Crippen LogP contribution in [-0.2, 0) is 21.4 Å². The van der Waals surface area contributed by atoms with Crippen molar-refractivity contribution < 1.29 is 36.3 Å². The lowest BCUT2D eigenvalue weighted by Crippen LogP contribution is -2.43. The standard InChI is InChI=1S/C17H22N4O3S.C2HF3O2/c1-5-17(2,3)19-16(22)15-13-10-20(4)25(23,24)14-9-7-6-8-12(14)21(13)11-18-15;3-2(4,5)1(6)7/h6-9,11H,5,10H2,1-4H3,(H,19,22);(H,6,7). The van der Waals surface area contributed by atoms with Crippen molar-refractivity contribution in [2.75, 3.05) is 7.05 Å². The monoisotopic (exact) mass is 476 g/mol. The summed E-state index contributed by atoms with van der Waals surface area (Å²) in [7, 11) is -2.12. The van der Waals surface area contributed by atoms with Crippen LogP contribution in [0.2, 0.25) is 0 Å². The molecule has 2 N–H and O–H groups in total. The molecule has 0 radical (unpaired) electrons. The van der Waals surface area contributed by atoms with Crippen LogP contribution < -0.4 is 5.32 Å². The third-order valence-electron chi connectivity index (χ3n) is 4.85. The Kier molecular flexibility index (Phi) is 7.05. The van der Waals surface area contributed by atoms with Gasteiger partial charge in [0.2, 0.25) is 10.0 Å². The Hall–Kier alpha value is -2.93. The first-order valence-electron chi connectivity index (χ1n) is 9.36. The van der Waals surface area contributed by atoms with Gasteiger partial charge in [-0.1, -0.05) is 19.1 Å². The number of aliphatic carboxylic acids is 1. The number of para-hydroxylation sites is 1. The number of rotatable bonds is 3. The van der Waals surface area contributed by atoms with Crippen molar-refractivity contribution in [3.63, 3.8) is 0 Å². The van der Waals surface area contributed by atoms with Gasteiger partial charge in [0.05, 0.1) is 17.9 Å². The molecule has 32 heavy (non-hydrogen) atoms. The number of carbonyl (C=O) groups excluding carboxylic acids is 1. The molecular formula is C19H23F3N4O5S. The van der Waals surface area contributed by atoms with Crippen LogP contribution in [0.4, 0.5) is 13.2 Å². The third kappa shape index (κ3) is 5.27. The van der Waals surface area contributed by atoms with E-state index in [1.807, 2.05) is 20.8 Å². The topological polar surface area (TPSA) is 122 Å². The lowest BCUT2D eigenvalue weighted by molar-refractivity contribution is -0.192. The van der Waals surface area contributed by atoms with Gasteiger partial charge in [0.15, 0.2) is 5.69 Å². The van der Waals surface area contributed by atoms with E-state index >= 15 is 0 Å². The van der Waals surface area contributed by atoms with Crippen LogP contribution in [0, 0.1) is 0 Å². The van der Waals surface area contributed by atoms with Gasteiger partial charge in [0, 0.05) is 12.6 Å². The minimum absolute atomic E-state index is 0.0757. The predicted octanol–water partition coefficient (Wildman–Crippen LogP) is 2.56. The SMILES string of the molecule is CCC(C)(C)NC(=O)c1ncn2c1CN(C)S(=O)(=O)c1ccccc1-2.O=C(O)C(F)(F)F.